The van der Waals surface area contributed by atoms with Crippen molar-refractivity contribution in [2.45, 2.75) is 90.1 Å². The zero-order valence-electron chi connectivity index (χ0n) is 25.0. The molecule has 2 aliphatic rings. The molecule has 224 valence electrons. The lowest BCUT2D eigenvalue weighted by Crippen LogP contribution is -2.50. The fourth-order valence-corrected chi connectivity index (χ4v) is 5.87. The molecule has 2 heterocycles. The molecule has 4 rings (SSSR count). The molecule has 1 saturated heterocycles. The van der Waals surface area contributed by atoms with Crippen molar-refractivity contribution in [1.29, 1.82) is 0 Å². The average Bonchev–Trinajstić information content (AvgIpc) is 3.32. The van der Waals surface area contributed by atoms with Crippen LogP contribution in [0.2, 0.25) is 5.02 Å². The van der Waals surface area contributed by atoms with Gasteiger partial charge in [0.2, 0.25) is 5.91 Å². The Labute approximate surface area is 249 Å². The van der Waals surface area contributed by atoms with E-state index in [9.17, 15) is 9.59 Å². The number of amides is 1. The van der Waals surface area contributed by atoms with E-state index in [4.69, 9.17) is 21.1 Å². The van der Waals surface area contributed by atoms with Gasteiger partial charge in [0.05, 0.1) is 18.9 Å². The van der Waals surface area contributed by atoms with E-state index >= 15 is 0 Å². The van der Waals surface area contributed by atoms with Crippen LogP contribution in [0.4, 0.5) is 5.82 Å². The molecule has 1 aromatic heterocycles. The van der Waals surface area contributed by atoms with Crippen LogP contribution in [0, 0.1) is 0 Å². The maximum absolute atomic E-state index is 13.8. The van der Waals surface area contributed by atoms with Crippen molar-refractivity contribution in [3.63, 3.8) is 0 Å². The topological polar surface area (TPSA) is 84.9 Å². The Balaban J connectivity index is 1.26. The molecule has 0 bridgehead atoms. The number of esters is 1. The summed E-state index contributed by atoms with van der Waals surface area (Å²) in [5, 5.41) is 0.670. The second-order valence-corrected chi connectivity index (χ2v) is 12.6. The van der Waals surface area contributed by atoms with E-state index in [1.54, 1.807) is 6.33 Å². The van der Waals surface area contributed by atoms with Crippen LogP contribution in [-0.4, -0.2) is 71.7 Å². The fraction of sp³-hybridized carbons (Fsp3) is 0.625. The highest BCUT2D eigenvalue weighted by molar-refractivity contribution is 6.30. The summed E-state index contributed by atoms with van der Waals surface area (Å²) in [4.78, 5) is 39.1. The van der Waals surface area contributed by atoms with Crippen LogP contribution in [0.3, 0.4) is 0 Å². The van der Waals surface area contributed by atoms with Crippen LogP contribution >= 0.6 is 11.6 Å². The lowest BCUT2D eigenvalue weighted by atomic mass is 9.91. The number of carbonyl (C=O) groups is 2. The van der Waals surface area contributed by atoms with Crippen LogP contribution in [0.25, 0.3) is 0 Å². The highest BCUT2D eigenvalue weighted by atomic mass is 35.5. The monoisotopic (exact) mass is 584 g/mol. The van der Waals surface area contributed by atoms with Crippen LogP contribution in [-0.2, 0) is 25.5 Å². The van der Waals surface area contributed by atoms with E-state index < -0.39 is 5.60 Å². The molecule has 2 atom stereocenters. The van der Waals surface area contributed by atoms with Gasteiger partial charge in [-0.1, -0.05) is 43.5 Å². The van der Waals surface area contributed by atoms with Crippen molar-refractivity contribution >= 4 is 29.3 Å². The minimum atomic E-state index is -0.474. The molecular formula is C32H45ClN4O4. The maximum Gasteiger partial charge on any atom is 0.308 e. The van der Waals surface area contributed by atoms with Crippen LogP contribution in [0.1, 0.15) is 94.9 Å². The Hall–Kier alpha value is -2.71. The number of hydrogen-bond donors (Lipinski definition) is 0. The first kappa shape index (κ1) is 31.2. The molecule has 8 nitrogen and oxygen atoms in total. The van der Waals surface area contributed by atoms with Gasteiger partial charge in [-0.15, -0.1) is 0 Å². The average molecular weight is 585 g/mol. The number of nitrogens with zero attached hydrogens (tertiary/aromatic N) is 4. The van der Waals surface area contributed by atoms with Gasteiger partial charge in [-0.2, -0.15) is 0 Å². The van der Waals surface area contributed by atoms with Gasteiger partial charge in [-0.05, 0) is 70.1 Å². The van der Waals surface area contributed by atoms with Gasteiger partial charge in [0.1, 0.15) is 17.7 Å². The third-order valence-electron chi connectivity index (χ3n) is 7.87. The Morgan fingerprint density at radius 3 is 2.46 bits per heavy atom. The van der Waals surface area contributed by atoms with Crippen molar-refractivity contribution < 1.29 is 19.1 Å². The standard InChI is InChI=1S/C32H45ClN4O4/c1-23-9-14-27-29(23)30(35-22-34-27)36-16-18-37(19-17-36)31(39)26(24-10-12-25(33)13-11-24)8-6-5-7-20-40-21-15-28(38)41-32(2,3)4/h10-13,22-23,26H,5-9,14-21H2,1-4H3/t23-,26-/m1/s1. The summed E-state index contributed by atoms with van der Waals surface area (Å²) in [6.07, 6.45) is 7.62. The Morgan fingerprint density at radius 2 is 1.76 bits per heavy atom. The van der Waals surface area contributed by atoms with Crippen molar-refractivity contribution in [2.24, 2.45) is 0 Å². The van der Waals surface area contributed by atoms with Crippen molar-refractivity contribution in [3.05, 3.63) is 52.4 Å². The predicted molar refractivity (Wildman–Crippen MR) is 162 cm³/mol. The Bertz CT molecular complexity index is 1160. The lowest BCUT2D eigenvalue weighted by molar-refractivity contribution is -0.156. The number of aryl methyl sites for hydroxylation is 1. The molecule has 2 aromatic rings. The number of benzene rings is 1. The van der Waals surface area contributed by atoms with Crippen LogP contribution < -0.4 is 4.90 Å². The van der Waals surface area contributed by atoms with Gasteiger partial charge in [0.25, 0.3) is 0 Å². The van der Waals surface area contributed by atoms with Crippen LogP contribution in [0.5, 0.6) is 0 Å². The van der Waals surface area contributed by atoms with E-state index in [1.165, 1.54) is 11.3 Å². The maximum atomic E-state index is 13.8. The molecule has 1 aliphatic heterocycles. The normalized spacial score (nSPS) is 17.8. The lowest BCUT2D eigenvalue weighted by Gasteiger charge is -2.38. The molecule has 41 heavy (non-hydrogen) atoms. The number of aromatic nitrogens is 2. The van der Waals surface area contributed by atoms with E-state index in [2.05, 4.69) is 21.8 Å². The molecule has 0 N–H and O–H groups in total. The zero-order chi connectivity index (χ0) is 29.4. The number of fused-ring (bicyclic) bond motifs is 1. The highest BCUT2D eigenvalue weighted by Gasteiger charge is 2.32. The molecule has 1 fully saturated rings. The second kappa shape index (κ2) is 14.5. The molecule has 0 spiro atoms. The Morgan fingerprint density at radius 1 is 1.02 bits per heavy atom. The van der Waals surface area contributed by atoms with Crippen molar-refractivity contribution in [2.75, 3.05) is 44.3 Å². The molecule has 0 radical (unpaired) electrons. The molecule has 1 aromatic carbocycles. The van der Waals surface area contributed by atoms with Gasteiger partial charge in [0.15, 0.2) is 0 Å². The molecule has 0 saturated carbocycles. The third kappa shape index (κ3) is 8.89. The zero-order valence-corrected chi connectivity index (χ0v) is 25.8. The van der Waals surface area contributed by atoms with E-state index in [1.807, 2.05) is 49.9 Å². The number of hydrogen-bond acceptors (Lipinski definition) is 7. The number of unbranched alkanes of at least 4 members (excludes halogenated alkanes) is 2. The summed E-state index contributed by atoms with van der Waals surface area (Å²) in [7, 11) is 0. The Kier molecular flexibility index (Phi) is 11.0. The number of ether oxygens (including phenoxy) is 2. The number of piperazine rings is 1. The fourth-order valence-electron chi connectivity index (χ4n) is 5.74. The number of halogens is 1. The SMILES string of the molecule is C[C@@H]1CCc2ncnc(N3CCN(C(=O)[C@H](CCCCCOCCC(=O)OC(C)(C)C)c4ccc(Cl)cc4)CC3)c21. The van der Waals surface area contributed by atoms with Gasteiger partial charge in [0, 0.05) is 49.1 Å². The number of rotatable bonds is 12. The summed E-state index contributed by atoms with van der Waals surface area (Å²) < 4.78 is 11.0. The smallest absolute Gasteiger partial charge is 0.308 e. The third-order valence-corrected chi connectivity index (χ3v) is 8.12. The summed E-state index contributed by atoms with van der Waals surface area (Å²) in [5.74, 6) is 1.27. The molecule has 9 heteroatoms. The first-order chi connectivity index (χ1) is 19.6. The van der Waals surface area contributed by atoms with Crippen LogP contribution in [0.15, 0.2) is 30.6 Å². The summed E-state index contributed by atoms with van der Waals surface area (Å²) >= 11 is 6.15. The predicted octanol–water partition coefficient (Wildman–Crippen LogP) is 5.92. The summed E-state index contributed by atoms with van der Waals surface area (Å²) in [6, 6.07) is 7.69. The minimum absolute atomic E-state index is 0.182. The largest absolute Gasteiger partial charge is 0.460 e. The second-order valence-electron chi connectivity index (χ2n) is 12.2. The van der Waals surface area contributed by atoms with Crippen molar-refractivity contribution in [1.82, 2.24) is 14.9 Å². The molecular weight excluding hydrogens is 540 g/mol. The number of carbonyl (C=O) groups excluding carboxylic acids is 2. The van der Waals surface area contributed by atoms with Gasteiger partial charge < -0.3 is 19.3 Å². The van der Waals surface area contributed by atoms with Gasteiger partial charge in [-0.3, -0.25) is 9.59 Å². The van der Waals surface area contributed by atoms with E-state index in [0.717, 1.165) is 63.0 Å². The van der Waals surface area contributed by atoms with Gasteiger partial charge >= 0.3 is 5.97 Å². The van der Waals surface area contributed by atoms with Gasteiger partial charge in [-0.25, -0.2) is 9.97 Å². The molecule has 1 aliphatic carbocycles. The molecule has 1 amide bonds. The number of anilines is 1. The highest BCUT2D eigenvalue weighted by Crippen LogP contribution is 2.37. The summed E-state index contributed by atoms with van der Waals surface area (Å²) in [5.41, 5.74) is 3.01. The van der Waals surface area contributed by atoms with E-state index in [0.29, 0.717) is 37.2 Å². The van der Waals surface area contributed by atoms with Crippen molar-refractivity contribution in [3.8, 4) is 0 Å². The summed E-state index contributed by atoms with van der Waals surface area (Å²) in [6.45, 7) is 11.7. The quantitative estimate of drug-likeness (QED) is 0.226. The first-order valence-corrected chi connectivity index (χ1v) is 15.4. The first-order valence-electron chi connectivity index (χ1n) is 15.0. The van der Waals surface area contributed by atoms with E-state index in [-0.39, 0.29) is 24.2 Å². The minimum Gasteiger partial charge on any atom is -0.460 e. The molecule has 0 unspecified atom stereocenters.